The van der Waals surface area contributed by atoms with Crippen LogP contribution in [0.2, 0.25) is 0 Å². The van der Waals surface area contributed by atoms with Gasteiger partial charge in [0.2, 0.25) is 0 Å². The van der Waals surface area contributed by atoms with E-state index in [-0.39, 0.29) is 0 Å². The molecule has 0 N–H and O–H groups in total. The Morgan fingerprint density at radius 3 is 2.22 bits per heavy atom. The van der Waals surface area contributed by atoms with Crippen molar-refractivity contribution in [3.8, 4) is 0 Å². The molecular weight excluding hydrogens is 115 g/mol. The van der Waals surface area contributed by atoms with Gasteiger partial charge >= 0.3 is 0 Å². The molecule has 0 aromatic heterocycles. The molecule has 0 aromatic rings. The first-order valence-electron chi connectivity index (χ1n) is 3.84. The summed E-state index contributed by atoms with van der Waals surface area (Å²) in [6.07, 6.45) is 2.25. The van der Waals surface area contributed by atoms with Crippen molar-refractivity contribution >= 4 is 0 Å². The number of hydrogen-bond donors (Lipinski definition) is 0. The Kier molecular flexibility index (Phi) is 2.09. The lowest BCUT2D eigenvalue weighted by Gasteiger charge is -2.11. The van der Waals surface area contributed by atoms with Crippen LogP contribution < -0.4 is 0 Å². The van der Waals surface area contributed by atoms with Crippen LogP contribution in [0.5, 0.6) is 0 Å². The summed E-state index contributed by atoms with van der Waals surface area (Å²) < 4.78 is 12.5. The van der Waals surface area contributed by atoms with E-state index in [0.29, 0.717) is 11.8 Å². The number of rotatable bonds is 1. The highest BCUT2D eigenvalue weighted by Gasteiger charge is 2.25. The maximum absolute atomic E-state index is 12.5. The van der Waals surface area contributed by atoms with Gasteiger partial charge in [0.25, 0.3) is 0 Å². The van der Waals surface area contributed by atoms with Crippen molar-refractivity contribution < 1.29 is 4.39 Å². The van der Waals surface area contributed by atoms with Crippen molar-refractivity contribution in [2.75, 3.05) is 0 Å². The van der Waals surface area contributed by atoms with E-state index in [1.54, 1.807) is 0 Å². The average Bonchev–Trinajstić information content (AvgIpc) is 2.14. The van der Waals surface area contributed by atoms with Crippen LogP contribution in [0.1, 0.15) is 33.1 Å². The molecule has 0 bridgehead atoms. The SMILES string of the molecule is CC(C)C1CCC(F)C1. The van der Waals surface area contributed by atoms with Crippen LogP contribution in [0.3, 0.4) is 0 Å². The molecule has 54 valence electrons. The molecule has 0 nitrogen and oxygen atoms in total. The van der Waals surface area contributed by atoms with E-state index in [2.05, 4.69) is 13.8 Å². The molecule has 0 saturated heterocycles. The third kappa shape index (κ3) is 1.67. The van der Waals surface area contributed by atoms with Crippen molar-refractivity contribution in [2.24, 2.45) is 11.8 Å². The van der Waals surface area contributed by atoms with E-state index in [0.717, 1.165) is 19.3 Å². The quantitative estimate of drug-likeness (QED) is 0.512. The molecule has 0 aromatic carbocycles. The van der Waals surface area contributed by atoms with Gasteiger partial charge in [-0.05, 0) is 31.1 Å². The molecular formula is C8H15F. The van der Waals surface area contributed by atoms with Crippen molar-refractivity contribution in [1.29, 1.82) is 0 Å². The van der Waals surface area contributed by atoms with Crippen LogP contribution in [-0.4, -0.2) is 6.17 Å². The zero-order chi connectivity index (χ0) is 6.85. The van der Waals surface area contributed by atoms with Gasteiger partial charge in [-0.1, -0.05) is 13.8 Å². The molecule has 0 amide bonds. The van der Waals surface area contributed by atoms with Gasteiger partial charge in [-0.3, -0.25) is 0 Å². The lowest BCUT2D eigenvalue weighted by molar-refractivity contribution is 0.310. The molecule has 1 heteroatoms. The van der Waals surface area contributed by atoms with Gasteiger partial charge in [0.15, 0.2) is 0 Å². The molecule has 1 aliphatic carbocycles. The molecule has 1 rings (SSSR count). The Balaban J connectivity index is 2.30. The number of hydrogen-bond acceptors (Lipinski definition) is 0. The average molecular weight is 130 g/mol. The highest BCUT2D eigenvalue weighted by molar-refractivity contribution is 4.76. The second-order valence-electron chi connectivity index (χ2n) is 3.41. The first kappa shape index (κ1) is 7.04. The van der Waals surface area contributed by atoms with E-state index in [1.807, 2.05) is 0 Å². The molecule has 0 heterocycles. The smallest absolute Gasteiger partial charge is 0.100 e. The van der Waals surface area contributed by atoms with E-state index in [1.165, 1.54) is 0 Å². The monoisotopic (exact) mass is 130 g/mol. The molecule has 0 aliphatic heterocycles. The van der Waals surface area contributed by atoms with Gasteiger partial charge in [-0.25, -0.2) is 4.39 Å². The minimum absolute atomic E-state index is 0.489. The largest absolute Gasteiger partial charge is 0.247 e. The van der Waals surface area contributed by atoms with Gasteiger partial charge in [-0.15, -0.1) is 0 Å². The minimum Gasteiger partial charge on any atom is -0.247 e. The molecule has 2 unspecified atom stereocenters. The van der Waals surface area contributed by atoms with Gasteiger partial charge in [-0.2, -0.15) is 0 Å². The molecule has 9 heavy (non-hydrogen) atoms. The summed E-state index contributed by atoms with van der Waals surface area (Å²) in [5.41, 5.74) is 0. The highest BCUT2D eigenvalue weighted by atomic mass is 19.1. The summed E-state index contributed by atoms with van der Waals surface area (Å²) in [5, 5.41) is 0. The summed E-state index contributed by atoms with van der Waals surface area (Å²) in [6, 6.07) is 0. The van der Waals surface area contributed by atoms with Crippen LogP contribution in [0.4, 0.5) is 4.39 Å². The Morgan fingerprint density at radius 1 is 1.33 bits per heavy atom. The maximum atomic E-state index is 12.5. The molecule has 0 spiro atoms. The second-order valence-corrected chi connectivity index (χ2v) is 3.41. The molecule has 1 fully saturated rings. The Hall–Kier alpha value is -0.0700. The van der Waals surface area contributed by atoms with E-state index >= 15 is 0 Å². The van der Waals surface area contributed by atoms with Crippen LogP contribution in [-0.2, 0) is 0 Å². The van der Waals surface area contributed by atoms with E-state index in [4.69, 9.17) is 0 Å². The van der Waals surface area contributed by atoms with Gasteiger partial charge in [0.05, 0.1) is 0 Å². The zero-order valence-corrected chi connectivity index (χ0v) is 6.23. The number of alkyl halides is 1. The van der Waals surface area contributed by atoms with Crippen molar-refractivity contribution in [3.05, 3.63) is 0 Å². The molecule has 1 saturated carbocycles. The first-order valence-corrected chi connectivity index (χ1v) is 3.84. The minimum atomic E-state index is -0.489. The summed E-state index contributed by atoms with van der Waals surface area (Å²) in [6.45, 7) is 4.37. The third-order valence-corrected chi connectivity index (χ3v) is 2.35. The fraction of sp³-hybridized carbons (Fsp3) is 1.00. The van der Waals surface area contributed by atoms with Crippen LogP contribution in [0.15, 0.2) is 0 Å². The summed E-state index contributed by atoms with van der Waals surface area (Å²) >= 11 is 0. The maximum Gasteiger partial charge on any atom is 0.100 e. The predicted octanol–water partition coefficient (Wildman–Crippen LogP) is 2.78. The highest BCUT2D eigenvalue weighted by Crippen LogP contribution is 2.32. The van der Waals surface area contributed by atoms with Gasteiger partial charge in [0, 0.05) is 0 Å². The molecule has 2 atom stereocenters. The molecule has 1 aliphatic rings. The van der Waals surface area contributed by atoms with E-state index in [9.17, 15) is 4.39 Å². The van der Waals surface area contributed by atoms with Crippen LogP contribution in [0.25, 0.3) is 0 Å². The van der Waals surface area contributed by atoms with E-state index < -0.39 is 6.17 Å². The van der Waals surface area contributed by atoms with Gasteiger partial charge < -0.3 is 0 Å². The third-order valence-electron chi connectivity index (χ3n) is 2.35. The Morgan fingerprint density at radius 2 is 2.00 bits per heavy atom. The fourth-order valence-electron chi connectivity index (χ4n) is 1.56. The summed E-state index contributed by atoms with van der Waals surface area (Å²) in [4.78, 5) is 0. The van der Waals surface area contributed by atoms with Gasteiger partial charge in [0.1, 0.15) is 6.17 Å². The Labute approximate surface area is 56.5 Å². The van der Waals surface area contributed by atoms with Crippen molar-refractivity contribution in [1.82, 2.24) is 0 Å². The lowest BCUT2D eigenvalue weighted by atomic mass is 9.95. The van der Waals surface area contributed by atoms with Crippen molar-refractivity contribution in [2.45, 2.75) is 39.3 Å². The van der Waals surface area contributed by atoms with Crippen LogP contribution in [0, 0.1) is 11.8 Å². The zero-order valence-electron chi connectivity index (χ0n) is 6.23. The first-order chi connectivity index (χ1) is 4.20. The van der Waals surface area contributed by atoms with Crippen molar-refractivity contribution in [3.63, 3.8) is 0 Å². The normalized spacial score (nSPS) is 36.0. The topological polar surface area (TPSA) is 0 Å². The summed E-state index contributed by atoms with van der Waals surface area (Å²) in [7, 11) is 0. The summed E-state index contributed by atoms with van der Waals surface area (Å²) in [5.74, 6) is 1.35. The predicted molar refractivity (Wildman–Crippen MR) is 37.1 cm³/mol. The second kappa shape index (κ2) is 2.68. The lowest BCUT2D eigenvalue weighted by Crippen LogP contribution is -2.03. The number of halogens is 1. The Bertz CT molecular complexity index is 88.6. The standard InChI is InChI=1S/C8H15F/c1-6(2)7-3-4-8(9)5-7/h6-8H,3-5H2,1-2H3. The fourth-order valence-corrected chi connectivity index (χ4v) is 1.56. The van der Waals surface area contributed by atoms with Crippen LogP contribution >= 0.6 is 0 Å². The molecule has 0 radical (unpaired) electrons.